The van der Waals surface area contributed by atoms with E-state index in [0.717, 1.165) is 24.2 Å². The van der Waals surface area contributed by atoms with E-state index in [0.29, 0.717) is 6.54 Å². The summed E-state index contributed by atoms with van der Waals surface area (Å²) in [6.07, 6.45) is 6.19. The van der Waals surface area contributed by atoms with Gasteiger partial charge in [0, 0.05) is 19.0 Å². The Balaban J connectivity index is 1.68. The number of aryl methyl sites for hydroxylation is 1. The predicted molar refractivity (Wildman–Crippen MR) is 74.9 cm³/mol. The van der Waals surface area contributed by atoms with E-state index in [9.17, 15) is 4.79 Å². The molecule has 20 heavy (non-hydrogen) atoms. The van der Waals surface area contributed by atoms with Crippen LogP contribution >= 0.6 is 0 Å². The lowest BCUT2D eigenvalue weighted by Crippen LogP contribution is -2.22. The zero-order chi connectivity index (χ0) is 14.2. The number of phenolic OH excluding ortho intramolecular Hbond substituents is 1. The van der Waals surface area contributed by atoms with Crippen LogP contribution in [-0.2, 0) is 11.2 Å². The van der Waals surface area contributed by atoms with Crippen LogP contribution < -0.4 is 5.32 Å². The number of aromatic amines is 1. The van der Waals surface area contributed by atoms with Crippen molar-refractivity contribution in [1.29, 1.82) is 0 Å². The highest BCUT2D eigenvalue weighted by atomic mass is 16.3. The molecule has 1 aromatic heterocycles. The number of amides is 1. The normalized spacial score (nSPS) is 10.8. The SMILES string of the molecule is O=C(C=Cc1ccc(O)cc1)NCCCc1ncn[nH]1. The second-order valence-corrected chi connectivity index (χ2v) is 4.25. The van der Waals surface area contributed by atoms with Gasteiger partial charge in [0.15, 0.2) is 0 Å². The van der Waals surface area contributed by atoms with E-state index in [1.165, 1.54) is 12.4 Å². The van der Waals surface area contributed by atoms with Crippen LogP contribution in [0.1, 0.15) is 17.8 Å². The fourth-order valence-corrected chi connectivity index (χ4v) is 1.63. The second kappa shape index (κ2) is 7.08. The van der Waals surface area contributed by atoms with Gasteiger partial charge in [0.25, 0.3) is 0 Å². The maximum absolute atomic E-state index is 11.6. The molecule has 2 aromatic rings. The zero-order valence-electron chi connectivity index (χ0n) is 10.9. The topological polar surface area (TPSA) is 90.9 Å². The Labute approximate surface area is 116 Å². The summed E-state index contributed by atoms with van der Waals surface area (Å²) in [6.45, 7) is 0.583. The van der Waals surface area contributed by atoms with Crippen molar-refractivity contribution >= 4 is 12.0 Å². The van der Waals surface area contributed by atoms with Crippen molar-refractivity contribution in [2.24, 2.45) is 0 Å². The summed E-state index contributed by atoms with van der Waals surface area (Å²) in [6, 6.07) is 6.63. The minimum absolute atomic E-state index is 0.143. The molecule has 1 amide bonds. The van der Waals surface area contributed by atoms with Gasteiger partial charge < -0.3 is 10.4 Å². The number of carbonyl (C=O) groups excluding carboxylic acids is 1. The van der Waals surface area contributed by atoms with Gasteiger partial charge in [0.05, 0.1) is 0 Å². The molecule has 2 rings (SSSR count). The highest BCUT2D eigenvalue weighted by Crippen LogP contribution is 2.10. The van der Waals surface area contributed by atoms with Crippen molar-refractivity contribution in [1.82, 2.24) is 20.5 Å². The molecule has 0 saturated carbocycles. The summed E-state index contributed by atoms with van der Waals surface area (Å²) in [4.78, 5) is 15.6. The van der Waals surface area contributed by atoms with E-state index in [-0.39, 0.29) is 11.7 Å². The third-order valence-electron chi connectivity index (χ3n) is 2.67. The molecule has 0 bridgehead atoms. The highest BCUT2D eigenvalue weighted by Gasteiger charge is 1.98. The molecule has 0 radical (unpaired) electrons. The van der Waals surface area contributed by atoms with Crippen molar-refractivity contribution in [3.8, 4) is 5.75 Å². The summed E-state index contributed by atoms with van der Waals surface area (Å²) in [5.74, 6) is 0.883. The summed E-state index contributed by atoms with van der Waals surface area (Å²) in [7, 11) is 0. The summed E-state index contributed by atoms with van der Waals surface area (Å²) in [5.41, 5.74) is 0.861. The quantitative estimate of drug-likeness (QED) is 0.545. The number of H-pyrrole nitrogens is 1. The fourth-order valence-electron chi connectivity index (χ4n) is 1.63. The average molecular weight is 272 g/mol. The molecule has 0 unspecified atom stereocenters. The standard InChI is InChI=1S/C14H16N4O2/c19-12-6-3-11(4-7-12)5-8-14(20)15-9-1-2-13-16-10-17-18-13/h3-8,10,19H,1-2,9H2,(H,15,20)(H,16,17,18). The van der Waals surface area contributed by atoms with Gasteiger partial charge in [-0.25, -0.2) is 4.98 Å². The van der Waals surface area contributed by atoms with Crippen molar-refractivity contribution < 1.29 is 9.90 Å². The number of rotatable bonds is 6. The van der Waals surface area contributed by atoms with Crippen LogP contribution in [0.25, 0.3) is 6.08 Å². The smallest absolute Gasteiger partial charge is 0.243 e. The number of nitrogens with one attached hydrogen (secondary N) is 2. The van der Waals surface area contributed by atoms with Crippen LogP contribution in [0.2, 0.25) is 0 Å². The Morgan fingerprint density at radius 3 is 2.85 bits per heavy atom. The molecule has 0 atom stereocenters. The van der Waals surface area contributed by atoms with E-state index >= 15 is 0 Å². The maximum atomic E-state index is 11.6. The predicted octanol–water partition coefficient (Wildman–Crippen LogP) is 1.27. The van der Waals surface area contributed by atoms with Gasteiger partial charge in [-0.15, -0.1) is 0 Å². The number of benzene rings is 1. The van der Waals surface area contributed by atoms with Crippen LogP contribution in [0.15, 0.2) is 36.7 Å². The van der Waals surface area contributed by atoms with Crippen molar-refractivity contribution in [3.63, 3.8) is 0 Å². The molecular weight excluding hydrogens is 256 g/mol. The first-order valence-corrected chi connectivity index (χ1v) is 6.33. The lowest BCUT2D eigenvalue weighted by atomic mass is 10.2. The third kappa shape index (κ3) is 4.56. The second-order valence-electron chi connectivity index (χ2n) is 4.25. The molecule has 0 spiro atoms. The highest BCUT2D eigenvalue weighted by molar-refractivity contribution is 5.91. The molecule has 0 aliphatic rings. The molecule has 6 heteroatoms. The monoisotopic (exact) mass is 272 g/mol. The minimum Gasteiger partial charge on any atom is -0.508 e. The molecular formula is C14H16N4O2. The minimum atomic E-state index is -0.143. The largest absolute Gasteiger partial charge is 0.508 e. The van der Waals surface area contributed by atoms with E-state index in [1.807, 2.05) is 0 Å². The van der Waals surface area contributed by atoms with Crippen LogP contribution in [-0.4, -0.2) is 32.7 Å². The molecule has 6 nitrogen and oxygen atoms in total. The Bertz CT molecular complexity index is 561. The Hall–Kier alpha value is -2.63. The van der Waals surface area contributed by atoms with Crippen LogP contribution in [0, 0.1) is 0 Å². The number of nitrogens with zero attached hydrogens (tertiary/aromatic N) is 2. The summed E-state index contributed by atoms with van der Waals surface area (Å²) in [5, 5.41) is 18.5. The van der Waals surface area contributed by atoms with E-state index in [4.69, 9.17) is 5.11 Å². The molecule has 1 aromatic carbocycles. The summed E-state index contributed by atoms with van der Waals surface area (Å²) >= 11 is 0. The van der Waals surface area contributed by atoms with Crippen LogP contribution in [0.3, 0.4) is 0 Å². The van der Waals surface area contributed by atoms with Crippen LogP contribution in [0.4, 0.5) is 0 Å². The van der Waals surface area contributed by atoms with Gasteiger partial charge in [-0.2, -0.15) is 5.10 Å². The summed E-state index contributed by atoms with van der Waals surface area (Å²) < 4.78 is 0. The van der Waals surface area contributed by atoms with Crippen molar-refractivity contribution in [2.45, 2.75) is 12.8 Å². The molecule has 104 valence electrons. The number of hydrogen-bond donors (Lipinski definition) is 3. The molecule has 0 saturated heterocycles. The van der Waals surface area contributed by atoms with Gasteiger partial charge in [0.1, 0.15) is 17.9 Å². The first-order valence-electron chi connectivity index (χ1n) is 6.33. The number of aromatic nitrogens is 3. The van der Waals surface area contributed by atoms with Gasteiger partial charge in [-0.3, -0.25) is 9.89 Å². The number of hydrogen-bond acceptors (Lipinski definition) is 4. The molecule has 0 aliphatic heterocycles. The molecule has 0 aliphatic carbocycles. The number of phenols is 1. The fraction of sp³-hybridized carbons (Fsp3) is 0.214. The lowest BCUT2D eigenvalue weighted by Gasteiger charge is -2.00. The maximum Gasteiger partial charge on any atom is 0.243 e. The molecule has 1 heterocycles. The van der Waals surface area contributed by atoms with E-state index in [1.54, 1.807) is 30.3 Å². The van der Waals surface area contributed by atoms with Crippen LogP contribution in [0.5, 0.6) is 5.75 Å². The van der Waals surface area contributed by atoms with Gasteiger partial charge in [-0.05, 0) is 30.2 Å². The average Bonchev–Trinajstić information content (AvgIpc) is 2.96. The van der Waals surface area contributed by atoms with Gasteiger partial charge in [-0.1, -0.05) is 12.1 Å². The first kappa shape index (κ1) is 13.8. The van der Waals surface area contributed by atoms with E-state index in [2.05, 4.69) is 20.5 Å². The lowest BCUT2D eigenvalue weighted by molar-refractivity contribution is -0.116. The number of aromatic hydroxyl groups is 1. The van der Waals surface area contributed by atoms with Crippen molar-refractivity contribution in [3.05, 3.63) is 48.1 Å². The molecule has 0 fully saturated rings. The Morgan fingerprint density at radius 1 is 1.35 bits per heavy atom. The van der Waals surface area contributed by atoms with E-state index < -0.39 is 0 Å². The third-order valence-corrected chi connectivity index (χ3v) is 2.67. The Morgan fingerprint density at radius 2 is 2.15 bits per heavy atom. The van der Waals surface area contributed by atoms with Crippen molar-refractivity contribution in [2.75, 3.05) is 6.54 Å². The van der Waals surface area contributed by atoms with Gasteiger partial charge in [0.2, 0.25) is 5.91 Å². The molecule has 3 N–H and O–H groups in total. The first-order chi connectivity index (χ1) is 9.74. The number of carbonyl (C=O) groups is 1. The van der Waals surface area contributed by atoms with Gasteiger partial charge >= 0.3 is 0 Å². The Kier molecular flexibility index (Phi) is 4.88. The zero-order valence-corrected chi connectivity index (χ0v) is 10.9.